The summed E-state index contributed by atoms with van der Waals surface area (Å²) in [6.07, 6.45) is 0. The Labute approximate surface area is 184 Å². The SMILES string of the molecule is CCNC(=NCc1ccc(OC)c(OC)c1)NCC(c1ccc(C)o1)N1CCOCC1. The molecule has 1 atom stereocenters. The molecule has 0 bridgehead atoms. The summed E-state index contributed by atoms with van der Waals surface area (Å²) in [5.41, 5.74) is 1.04. The molecule has 1 fully saturated rings. The number of benzene rings is 1. The number of hydrogen-bond donors (Lipinski definition) is 2. The van der Waals surface area contributed by atoms with Gasteiger partial charge in [-0.1, -0.05) is 6.07 Å². The van der Waals surface area contributed by atoms with Crippen LogP contribution in [0.3, 0.4) is 0 Å². The number of furan rings is 1. The molecule has 2 aromatic rings. The number of methoxy groups -OCH3 is 2. The average molecular weight is 431 g/mol. The second kappa shape index (κ2) is 11.6. The number of rotatable bonds is 9. The molecule has 1 unspecified atom stereocenters. The Morgan fingerprint density at radius 1 is 1.10 bits per heavy atom. The monoisotopic (exact) mass is 430 g/mol. The molecule has 31 heavy (non-hydrogen) atoms. The summed E-state index contributed by atoms with van der Waals surface area (Å²) in [6.45, 7) is 9.26. The molecule has 2 heterocycles. The van der Waals surface area contributed by atoms with Crippen molar-refractivity contribution in [3.63, 3.8) is 0 Å². The number of nitrogens with one attached hydrogen (secondary N) is 2. The molecule has 0 radical (unpaired) electrons. The van der Waals surface area contributed by atoms with Crippen LogP contribution in [0.25, 0.3) is 0 Å². The van der Waals surface area contributed by atoms with Crippen LogP contribution in [0.5, 0.6) is 11.5 Å². The van der Waals surface area contributed by atoms with Crippen molar-refractivity contribution in [2.24, 2.45) is 4.99 Å². The van der Waals surface area contributed by atoms with Crippen molar-refractivity contribution in [3.05, 3.63) is 47.4 Å². The highest BCUT2D eigenvalue weighted by atomic mass is 16.5. The van der Waals surface area contributed by atoms with E-state index in [0.717, 1.165) is 55.9 Å². The molecular weight excluding hydrogens is 396 g/mol. The minimum atomic E-state index is 0.113. The fourth-order valence-electron chi connectivity index (χ4n) is 3.62. The van der Waals surface area contributed by atoms with Gasteiger partial charge in [-0.15, -0.1) is 0 Å². The molecule has 8 nitrogen and oxygen atoms in total. The smallest absolute Gasteiger partial charge is 0.191 e. The summed E-state index contributed by atoms with van der Waals surface area (Å²) in [6, 6.07) is 10.0. The predicted molar refractivity (Wildman–Crippen MR) is 121 cm³/mol. The van der Waals surface area contributed by atoms with Crippen molar-refractivity contribution in [2.75, 3.05) is 53.6 Å². The minimum Gasteiger partial charge on any atom is -0.493 e. The van der Waals surface area contributed by atoms with E-state index < -0.39 is 0 Å². The molecule has 0 aliphatic carbocycles. The van der Waals surface area contributed by atoms with Crippen LogP contribution in [0, 0.1) is 6.92 Å². The Morgan fingerprint density at radius 2 is 1.87 bits per heavy atom. The van der Waals surface area contributed by atoms with Crippen molar-refractivity contribution < 1.29 is 18.6 Å². The highest BCUT2D eigenvalue weighted by molar-refractivity contribution is 5.79. The van der Waals surface area contributed by atoms with E-state index in [2.05, 4.69) is 28.5 Å². The third kappa shape index (κ3) is 6.38. The number of guanidine groups is 1. The number of hydrogen-bond acceptors (Lipinski definition) is 6. The first-order valence-electron chi connectivity index (χ1n) is 10.8. The van der Waals surface area contributed by atoms with Crippen LogP contribution in [0.2, 0.25) is 0 Å². The predicted octanol–water partition coefficient (Wildman–Crippen LogP) is 2.73. The fourth-order valence-corrected chi connectivity index (χ4v) is 3.62. The summed E-state index contributed by atoms with van der Waals surface area (Å²) in [7, 11) is 3.27. The van der Waals surface area contributed by atoms with Gasteiger partial charge in [-0.3, -0.25) is 4.90 Å². The van der Waals surface area contributed by atoms with E-state index >= 15 is 0 Å². The maximum absolute atomic E-state index is 5.96. The van der Waals surface area contributed by atoms with Crippen LogP contribution in [0.4, 0.5) is 0 Å². The lowest BCUT2D eigenvalue weighted by Gasteiger charge is -2.33. The molecular formula is C23H34N4O4. The lowest BCUT2D eigenvalue weighted by Crippen LogP contribution is -2.46. The number of aryl methyl sites for hydroxylation is 1. The Hall–Kier alpha value is -2.71. The van der Waals surface area contributed by atoms with E-state index in [9.17, 15) is 0 Å². The highest BCUT2D eigenvalue weighted by Crippen LogP contribution is 2.28. The first-order valence-corrected chi connectivity index (χ1v) is 10.8. The van der Waals surface area contributed by atoms with E-state index in [1.807, 2.05) is 31.2 Å². The summed E-state index contributed by atoms with van der Waals surface area (Å²) in [5.74, 6) is 4.06. The van der Waals surface area contributed by atoms with Crippen LogP contribution in [-0.2, 0) is 11.3 Å². The number of aliphatic imine (C=N–C) groups is 1. The topological polar surface area (TPSA) is 80.5 Å². The van der Waals surface area contributed by atoms with Gasteiger partial charge >= 0.3 is 0 Å². The Bertz CT molecular complexity index is 846. The van der Waals surface area contributed by atoms with Crippen LogP contribution in [0.1, 0.15) is 30.0 Å². The standard InChI is InChI=1S/C23H34N4O4/c1-5-24-23(25-15-18-7-9-21(28-3)22(14-18)29-4)26-16-19(20-8-6-17(2)31-20)27-10-12-30-13-11-27/h6-9,14,19H,5,10-13,15-16H2,1-4H3,(H2,24,25,26). The van der Waals surface area contributed by atoms with Crippen molar-refractivity contribution in [2.45, 2.75) is 26.4 Å². The molecule has 0 amide bonds. The molecule has 1 saturated heterocycles. The Morgan fingerprint density at radius 3 is 2.52 bits per heavy atom. The number of morpholine rings is 1. The summed E-state index contributed by atoms with van der Waals surface area (Å²) < 4.78 is 22.2. The normalized spacial score (nSPS) is 16.1. The van der Waals surface area contributed by atoms with Crippen LogP contribution < -0.4 is 20.1 Å². The fraction of sp³-hybridized carbons (Fsp3) is 0.522. The van der Waals surface area contributed by atoms with Gasteiger partial charge < -0.3 is 29.3 Å². The largest absolute Gasteiger partial charge is 0.493 e. The average Bonchev–Trinajstić information content (AvgIpc) is 3.23. The zero-order valence-electron chi connectivity index (χ0n) is 18.9. The van der Waals surface area contributed by atoms with E-state index in [1.165, 1.54) is 0 Å². The zero-order valence-corrected chi connectivity index (χ0v) is 18.9. The Kier molecular flexibility index (Phi) is 8.61. The van der Waals surface area contributed by atoms with Crippen molar-refractivity contribution in [3.8, 4) is 11.5 Å². The van der Waals surface area contributed by atoms with Crippen molar-refractivity contribution >= 4 is 5.96 Å². The quantitative estimate of drug-likeness (QED) is 0.468. The van der Waals surface area contributed by atoms with Gasteiger partial charge in [0.1, 0.15) is 11.5 Å². The van der Waals surface area contributed by atoms with E-state index in [-0.39, 0.29) is 6.04 Å². The second-order valence-corrected chi connectivity index (χ2v) is 7.38. The van der Waals surface area contributed by atoms with Gasteiger partial charge in [-0.05, 0) is 43.7 Å². The summed E-state index contributed by atoms with van der Waals surface area (Å²) in [5, 5.41) is 6.82. The molecule has 2 N–H and O–H groups in total. The lowest BCUT2D eigenvalue weighted by molar-refractivity contribution is 0.0124. The van der Waals surface area contributed by atoms with Crippen molar-refractivity contribution in [1.82, 2.24) is 15.5 Å². The van der Waals surface area contributed by atoms with Gasteiger partial charge in [-0.25, -0.2) is 4.99 Å². The molecule has 1 aliphatic heterocycles. The van der Waals surface area contributed by atoms with Gasteiger partial charge in [0.15, 0.2) is 17.5 Å². The molecule has 3 rings (SSSR count). The molecule has 1 aromatic carbocycles. The van der Waals surface area contributed by atoms with E-state index in [1.54, 1.807) is 14.2 Å². The summed E-state index contributed by atoms with van der Waals surface area (Å²) in [4.78, 5) is 7.15. The first kappa shape index (κ1) is 23.0. The first-order chi connectivity index (χ1) is 15.1. The highest BCUT2D eigenvalue weighted by Gasteiger charge is 2.25. The minimum absolute atomic E-state index is 0.113. The number of ether oxygens (including phenoxy) is 3. The molecule has 170 valence electrons. The maximum Gasteiger partial charge on any atom is 0.191 e. The van der Waals surface area contributed by atoms with Crippen LogP contribution in [-0.4, -0.2) is 64.5 Å². The molecule has 0 saturated carbocycles. The van der Waals surface area contributed by atoms with E-state index in [4.69, 9.17) is 23.6 Å². The van der Waals surface area contributed by atoms with Gasteiger partial charge in [-0.2, -0.15) is 0 Å². The van der Waals surface area contributed by atoms with Crippen molar-refractivity contribution in [1.29, 1.82) is 0 Å². The Balaban J connectivity index is 1.69. The summed E-state index contributed by atoms with van der Waals surface area (Å²) >= 11 is 0. The van der Waals surface area contributed by atoms with Gasteiger partial charge in [0, 0.05) is 26.2 Å². The van der Waals surface area contributed by atoms with Gasteiger partial charge in [0.2, 0.25) is 0 Å². The number of nitrogens with zero attached hydrogens (tertiary/aromatic N) is 2. The molecule has 1 aliphatic rings. The van der Waals surface area contributed by atoms with E-state index in [0.29, 0.717) is 24.6 Å². The molecule has 1 aromatic heterocycles. The molecule has 8 heteroatoms. The zero-order chi connectivity index (χ0) is 22.1. The molecule has 0 spiro atoms. The third-order valence-electron chi connectivity index (χ3n) is 5.25. The van der Waals surface area contributed by atoms with Crippen LogP contribution in [0.15, 0.2) is 39.7 Å². The van der Waals surface area contributed by atoms with Gasteiger partial charge in [0.25, 0.3) is 0 Å². The van der Waals surface area contributed by atoms with Crippen LogP contribution >= 0.6 is 0 Å². The second-order valence-electron chi connectivity index (χ2n) is 7.38. The van der Waals surface area contributed by atoms with Gasteiger partial charge in [0.05, 0.1) is 40.0 Å². The lowest BCUT2D eigenvalue weighted by atomic mass is 10.1. The maximum atomic E-state index is 5.96. The third-order valence-corrected chi connectivity index (χ3v) is 5.25.